The standard InChI is InChI=1S/C14H13N5OS/c1-9-7-11(18-19(9)2)13(20)17-14-16-12(8-21-14)10-5-3-4-6-15-10/h3-8H,1-2H3,(H,16,17,20). The molecule has 3 heterocycles. The van der Waals surface area contributed by atoms with Crippen LogP contribution in [-0.2, 0) is 7.05 Å². The van der Waals surface area contributed by atoms with Gasteiger partial charge in [0.05, 0.1) is 5.69 Å². The molecule has 3 aromatic heterocycles. The number of carbonyl (C=O) groups is 1. The lowest BCUT2D eigenvalue weighted by molar-refractivity contribution is 0.102. The van der Waals surface area contributed by atoms with Crippen molar-refractivity contribution in [3.8, 4) is 11.4 Å². The third-order valence-corrected chi connectivity index (χ3v) is 3.76. The van der Waals surface area contributed by atoms with Gasteiger partial charge in [-0.2, -0.15) is 5.10 Å². The minimum absolute atomic E-state index is 0.263. The highest BCUT2D eigenvalue weighted by Gasteiger charge is 2.13. The van der Waals surface area contributed by atoms with Gasteiger partial charge < -0.3 is 0 Å². The van der Waals surface area contributed by atoms with Crippen LogP contribution in [0.2, 0.25) is 0 Å². The van der Waals surface area contributed by atoms with Gasteiger partial charge in [-0.1, -0.05) is 6.07 Å². The molecule has 0 saturated carbocycles. The Hall–Kier alpha value is -2.54. The third-order valence-electron chi connectivity index (χ3n) is 3.00. The first-order valence-electron chi connectivity index (χ1n) is 6.32. The number of aromatic nitrogens is 4. The number of nitrogens with zero attached hydrogens (tertiary/aromatic N) is 4. The molecule has 3 aromatic rings. The van der Waals surface area contributed by atoms with E-state index in [1.54, 1.807) is 24.0 Å². The van der Waals surface area contributed by atoms with Crippen molar-refractivity contribution in [1.29, 1.82) is 0 Å². The average Bonchev–Trinajstić information content (AvgIpc) is 3.08. The number of aryl methyl sites for hydroxylation is 2. The Morgan fingerprint density at radius 2 is 2.19 bits per heavy atom. The van der Waals surface area contributed by atoms with Crippen molar-refractivity contribution in [3.63, 3.8) is 0 Å². The second-order valence-corrected chi connectivity index (χ2v) is 5.36. The van der Waals surface area contributed by atoms with Crippen LogP contribution in [0.25, 0.3) is 11.4 Å². The van der Waals surface area contributed by atoms with E-state index in [9.17, 15) is 4.79 Å². The van der Waals surface area contributed by atoms with Gasteiger partial charge >= 0.3 is 0 Å². The summed E-state index contributed by atoms with van der Waals surface area (Å²) in [5, 5.41) is 9.29. The maximum Gasteiger partial charge on any atom is 0.277 e. The SMILES string of the molecule is Cc1cc(C(=O)Nc2nc(-c3ccccn3)cs2)nn1C. The summed E-state index contributed by atoms with van der Waals surface area (Å²) in [5.41, 5.74) is 2.83. The second-order valence-electron chi connectivity index (χ2n) is 4.50. The lowest BCUT2D eigenvalue weighted by Gasteiger charge is -1.97. The van der Waals surface area contributed by atoms with Crippen LogP contribution in [0.4, 0.5) is 5.13 Å². The molecular formula is C14H13N5OS. The summed E-state index contributed by atoms with van der Waals surface area (Å²) in [6, 6.07) is 7.37. The van der Waals surface area contributed by atoms with Gasteiger partial charge in [0.15, 0.2) is 10.8 Å². The smallest absolute Gasteiger partial charge is 0.277 e. The molecule has 0 spiro atoms. The number of hydrogen-bond donors (Lipinski definition) is 1. The molecule has 0 aliphatic carbocycles. The Bertz CT molecular complexity index is 758. The Morgan fingerprint density at radius 1 is 1.33 bits per heavy atom. The summed E-state index contributed by atoms with van der Waals surface area (Å²) in [6.07, 6.45) is 1.71. The summed E-state index contributed by atoms with van der Waals surface area (Å²) in [7, 11) is 1.80. The minimum Gasteiger partial charge on any atom is -0.296 e. The van der Waals surface area contributed by atoms with Crippen LogP contribution in [0.1, 0.15) is 16.2 Å². The van der Waals surface area contributed by atoms with Crippen LogP contribution in [0.5, 0.6) is 0 Å². The molecule has 6 nitrogen and oxygen atoms in total. The number of nitrogens with one attached hydrogen (secondary N) is 1. The molecule has 0 saturated heterocycles. The zero-order valence-electron chi connectivity index (χ0n) is 11.6. The number of rotatable bonds is 3. The van der Waals surface area contributed by atoms with Crippen molar-refractivity contribution >= 4 is 22.4 Å². The Balaban J connectivity index is 1.77. The highest BCUT2D eigenvalue weighted by Crippen LogP contribution is 2.23. The number of anilines is 1. The molecule has 21 heavy (non-hydrogen) atoms. The van der Waals surface area contributed by atoms with Crippen LogP contribution >= 0.6 is 11.3 Å². The van der Waals surface area contributed by atoms with E-state index in [0.717, 1.165) is 17.1 Å². The quantitative estimate of drug-likeness (QED) is 0.806. The van der Waals surface area contributed by atoms with Crippen molar-refractivity contribution in [2.24, 2.45) is 7.05 Å². The van der Waals surface area contributed by atoms with E-state index in [1.165, 1.54) is 11.3 Å². The first kappa shape index (κ1) is 13.4. The highest BCUT2D eigenvalue weighted by molar-refractivity contribution is 7.14. The molecule has 0 bridgehead atoms. The Labute approximate surface area is 125 Å². The molecule has 3 rings (SSSR count). The van der Waals surface area contributed by atoms with Gasteiger partial charge in [0.1, 0.15) is 5.69 Å². The van der Waals surface area contributed by atoms with Crippen LogP contribution in [-0.4, -0.2) is 25.7 Å². The molecule has 0 aromatic carbocycles. The molecule has 7 heteroatoms. The van der Waals surface area contributed by atoms with Crippen LogP contribution < -0.4 is 5.32 Å². The van der Waals surface area contributed by atoms with Gasteiger partial charge in [0.2, 0.25) is 0 Å². The van der Waals surface area contributed by atoms with E-state index in [2.05, 4.69) is 20.4 Å². The number of thiazole rings is 1. The highest BCUT2D eigenvalue weighted by atomic mass is 32.1. The lowest BCUT2D eigenvalue weighted by Crippen LogP contribution is -2.12. The van der Waals surface area contributed by atoms with Crippen LogP contribution in [0, 0.1) is 6.92 Å². The third kappa shape index (κ3) is 2.82. The molecule has 0 aliphatic rings. The molecule has 0 aliphatic heterocycles. The van der Waals surface area contributed by atoms with Crippen LogP contribution in [0.15, 0.2) is 35.8 Å². The Kier molecular flexibility index (Phi) is 3.49. The first-order valence-corrected chi connectivity index (χ1v) is 7.20. The van der Waals surface area contributed by atoms with Crippen molar-refractivity contribution in [2.75, 3.05) is 5.32 Å². The van der Waals surface area contributed by atoms with Crippen molar-refractivity contribution < 1.29 is 4.79 Å². The molecule has 0 fully saturated rings. The monoisotopic (exact) mass is 299 g/mol. The average molecular weight is 299 g/mol. The van der Waals surface area contributed by atoms with Crippen molar-refractivity contribution in [1.82, 2.24) is 19.7 Å². The zero-order valence-corrected chi connectivity index (χ0v) is 12.4. The van der Waals surface area contributed by atoms with Gasteiger partial charge in [-0.05, 0) is 25.1 Å². The molecule has 0 radical (unpaired) electrons. The fourth-order valence-corrected chi connectivity index (χ4v) is 2.50. The molecule has 0 atom stereocenters. The summed E-state index contributed by atoms with van der Waals surface area (Å²) < 4.78 is 1.66. The first-order chi connectivity index (χ1) is 10.1. The minimum atomic E-state index is -0.263. The largest absolute Gasteiger partial charge is 0.296 e. The van der Waals surface area contributed by atoms with Gasteiger partial charge in [0.25, 0.3) is 5.91 Å². The van der Waals surface area contributed by atoms with E-state index in [-0.39, 0.29) is 5.91 Å². The van der Waals surface area contributed by atoms with Gasteiger partial charge in [-0.25, -0.2) is 4.98 Å². The van der Waals surface area contributed by atoms with E-state index < -0.39 is 0 Å². The van der Waals surface area contributed by atoms with E-state index in [1.807, 2.05) is 30.5 Å². The second kappa shape index (κ2) is 5.45. The number of pyridine rings is 1. The normalized spacial score (nSPS) is 10.6. The van der Waals surface area contributed by atoms with Gasteiger partial charge in [-0.15, -0.1) is 11.3 Å². The molecule has 1 amide bonds. The summed E-state index contributed by atoms with van der Waals surface area (Å²) in [4.78, 5) is 20.7. The lowest BCUT2D eigenvalue weighted by atomic mass is 10.3. The van der Waals surface area contributed by atoms with E-state index in [4.69, 9.17) is 0 Å². The van der Waals surface area contributed by atoms with Crippen LogP contribution in [0.3, 0.4) is 0 Å². The topological polar surface area (TPSA) is 72.7 Å². The predicted octanol–water partition coefficient (Wildman–Crippen LogP) is 2.50. The number of carbonyl (C=O) groups excluding carboxylic acids is 1. The maximum atomic E-state index is 12.1. The maximum absolute atomic E-state index is 12.1. The molecular weight excluding hydrogens is 286 g/mol. The predicted molar refractivity (Wildman–Crippen MR) is 81.2 cm³/mol. The van der Waals surface area contributed by atoms with Gasteiger partial charge in [-0.3, -0.25) is 19.8 Å². The molecule has 1 N–H and O–H groups in total. The number of hydrogen-bond acceptors (Lipinski definition) is 5. The summed E-state index contributed by atoms with van der Waals surface area (Å²) in [6.45, 7) is 1.90. The fraction of sp³-hybridized carbons (Fsp3) is 0.143. The molecule has 0 unspecified atom stereocenters. The Morgan fingerprint density at radius 3 is 2.86 bits per heavy atom. The zero-order chi connectivity index (χ0) is 14.8. The number of amides is 1. The summed E-state index contributed by atoms with van der Waals surface area (Å²) >= 11 is 1.36. The summed E-state index contributed by atoms with van der Waals surface area (Å²) in [5.74, 6) is -0.263. The van der Waals surface area contributed by atoms with Gasteiger partial charge in [0, 0.05) is 24.3 Å². The van der Waals surface area contributed by atoms with Crippen molar-refractivity contribution in [2.45, 2.75) is 6.92 Å². The molecule has 106 valence electrons. The fourth-order valence-electron chi connectivity index (χ4n) is 1.80. The van der Waals surface area contributed by atoms with E-state index in [0.29, 0.717) is 10.8 Å². The van der Waals surface area contributed by atoms with Crippen molar-refractivity contribution in [3.05, 3.63) is 47.2 Å². The van der Waals surface area contributed by atoms with E-state index >= 15 is 0 Å².